The molecule has 1 heterocycles. The molecule has 2 aromatic carbocycles. The van der Waals surface area contributed by atoms with E-state index in [-0.39, 0.29) is 42.3 Å². The van der Waals surface area contributed by atoms with Crippen LogP contribution in [-0.2, 0) is 11.3 Å². The number of benzene rings is 2. The molecule has 0 saturated carbocycles. The minimum Gasteiger partial charge on any atom is -0.396 e. The third-order valence-corrected chi connectivity index (χ3v) is 5.44. The lowest BCUT2D eigenvalue weighted by Gasteiger charge is -2.20. The number of hydrogen-bond donors (Lipinski definition) is 2. The summed E-state index contributed by atoms with van der Waals surface area (Å²) in [5, 5.41) is 11.7. The Labute approximate surface area is 192 Å². The average molecular weight is 453 g/mol. The highest BCUT2D eigenvalue weighted by Gasteiger charge is 2.27. The van der Waals surface area contributed by atoms with Gasteiger partial charge in [-0.15, -0.1) is 0 Å². The number of rotatable bonds is 10. The first kappa shape index (κ1) is 24.1. The molecule has 174 valence electrons. The standard InChI is InChI=1S/C25H29FN4O3/c1-17(2)20-7-4-5-8-21(20)24-28-23(27-16-32)22(25(33)29(3)13-6-14-31)30(24)15-18-9-11-19(26)12-10-18/h4-5,7-12,16-17,31H,6,13-15H2,1-3H3,(H,27,32). The van der Waals surface area contributed by atoms with Crippen LogP contribution in [0.15, 0.2) is 48.5 Å². The van der Waals surface area contributed by atoms with Crippen LogP contribution in [0.25, 0.3) is 11.4 Å². The maximum atomic E-state index is 13.5. The molecule has 0 aliphatic rings. The summed E-state index contributed by atoms with van der Waals surface area (Å²) >= 11 is 0. The number of carbonyl (C=O) groups is 2. The van der Waals surface area contributed by atoms with Gasteiger partial charge in [-0.05, 0) is 35.6 Å². The molecule has 3 rings (SSSR count). The van der Waals surface area contributed by atoms with Crippen LogP contribution in [0.3, 0.4) is 0 Å². The molecule has 1 aromatic heterocycles. The Balaban J connectivity index is 2.23. The summed E-state index contributed by atoms with van der Waals surface area (Å²) in [7, 11) is 1.64. The zero-order valence-electron chi connectivity index (χ0n) is 19.1. The van der Waals surface area contributed by atoms with Gasteiger partial charge in [-0.3, -0.25) is 9.59 Å². The van der Waals surface area contributed by atoms with Crippen LogP contribution < -0.4 is 5.32 Å². The summed E-state index contributed by atoms with van der Waals surface area (Å²) in [4.78, 5) is 31.0. The topological polar surface area (TPSA) is 87.5 Å². The van der Waals surface area contributed by atoms with Crippen LogP contribution in [-0.4, -0.2) is 52.1 Å². The van der Waals surface area contributed by atoms with E-state index < -0.39 is 0 Å². The third kappa shape index (κ3) is 5.46. The van der Waals surface area contributed by atoms with Crippen molar-refractivity contribution < 1.29 is 19.1 Å². The lowest BCUT2D eigenvalue weighted by molar-refractivity contribution is -0.105. The van der Waals surface area contributed by atoms with Gasteiger partial charge in [0.25, 0.3) is 5.91 Å². The molecule has 0 aliphatic carbocycles. The van der Waals surface area contributed by atoms with Crippen LogP contribution in [0.4, 0.5) is 10.2 Å². The molecule has 2 amide bonds. The summed E-state index contributed by atoms with van der Waals surface area (Å²) in [5.74, 6) is 0.202. The minimum absolute atomic E-state index is 0.0427. The Kier molecular flexibility index (Phi) is 7.95. The highest BCUT2D eigenvalue weighted by atomic mass is 19.1. The van der Waals surface area contributed by atoms with Crippen LogP contribution in [0.2, 0.25) is 0 Å². The molecule has 0 atom stereocenters. The minimum atomic E-state index is -0.349. The number of aromatic nitrogens is 2. The Bertz CT molecular complexity index is 1110. The van der Waals surface area contributed by atoms with Crippen molar-refractivity contribution in [3.05, 3.63) is 71.2 Å². The summed E-state index contributed by atoms with van der Waals surface area (Å²) in [6, 6.07) is 13.9. The molecule has 0 saturated heterocycles. The van der Waals surface area contributed by atoms with E-state index in [1.165, 1.54) is 17.0 Å². The number of aliphatic hydroxyl groups excluding tert-OH is 1. The lowest BCUT2D eigenvalue weighted by atomic mass is 9.97. The van der Waals surface area contributed by atoms with E-state index in [4.69, 9.17) is 5.11 Å². The van der Waals surface area contributed by atoms with Gasteiger partial charge in [-0.1, -0.05) is 50.2 Å². The summed E-state index contributed by atoms with van der Waals surface area (Å²) < 4.78 is 15.3. The Morgan fingerprint density at radius 1 is 1.21 bits per heavy atom. The molecule has 0 bridgehead atoms. The molecule has 0 aliphatic heterocycles. The maximum Gasteiger partial charge on any atom is 0.274 e. The van der Waals surface area contributed by atoms with Gasteiger partial charge >= 0.3 is 0 Å². The van der Waals surface area contributed by atoms with Crippen LogP contribution in [0, 0.1) is 5.82 Å². The van der Waals surface area contributed by atoms with E-state index >= 15 is 0 Å². The number of amides is 2. The second-order valence-corrected chi connectivity index (χ2v) is 8.15. The summed E-state index contributed by atoms with van der Waals surface area (Å²) in [5.41, 5.74) is 2.90. The molecule has 33 heavy (non-hydrogen) atoms. The lowest BCUT2D eigenvalue weighted by Crippen LogP contribution is -2.31. The van der Waals surface area contributed by atoms with Crippen molar-refractivity contribution in [1.82, 2.24) is 14.5 Å². The SMILES string of the molecule is CC(C)c1ccccc1-c1nc(NC=O)c(C(=O)N(C)CCCO)n1Cc1ccc(F)cc1. The van der Waals surface area contributed by atoms with Gasteiger partial charge in [0.2, 0.25) is 6.41 Å². The van der Waals surface area contributed by atoms with Gasteiger partial charge in [0, 0.05) is 32.3 Å². The second kappa shape index (κ2) is 10.9. The number of imidazole rings is 1. The number of anilines is 1. The number of hydrogen-bond acceptors (Lipinski definition) is 4. The van der Waals surface area contributed by atoms with E-state index in [1.807, 2.05) is 24.3 Å². The molecular formula is C25H29FN4O3. The smallest absolute Gasteiger partial charge is 0.274 e. The maximum absolute atomic E-state index is 13.5. The van der Waals surface area contributed by atoms with E-state index in [0.717, 1.165) is 16.7 Å². The quantitative estimate of drug-likeness (QED) is 0.457. The predicted molar refractivity (Wildman–Crippen MR) is 126 cm³/mol. The van der Waals surface area contributed by atoms with Crippen LogP contribution in [0.5, 0.6) is 0 Å². The van der Waals surface area contributed by atoms with E-state index in [1.54, 1.807) is 23.7 Å². The molecule has 2 N–H and O–H groups in total. The number of nitrogens with one attached hydrogen (secondary N) is 1. The number of nitrogens with zero attached hydrogens (tertiary/aromatic N) is 3. The summed E-state index contributed by atoms with van der Waals surface area (Å²) in [6.07, 6.45) is 0.918. The van der Waals surface area contributed by atoms with Gasteiger partial charge in [0.05, 0.1) is 0 Å². The zero-order valence-corrected chi connectivity index (χ0v) is 19.1. The molecule has 0 fully saturated rings. The normalized spacial score (nSPS) is 11.0. The molecule has 0 spiro atoms. The Hall–Kier alpha value is -3.52. The van der Waals surface area contributed by atoms with Gasteiger partial charge in [0.1, 0.15) is 11.6 Å². The Morgan fingerprint density at radius 2 is 1.91 bits per heavy atom. The fourth-order valence-electron chi connectivity index (χ4n) is 3.75. The highest BCUT2D eigenvalue weighted by Crippen LogP contribution is 2.33. The fraction of sp³-hybridized carbons (Fsp3) is 0.320. The Morgan fingerprint density at radius 3 is 2.55 bits per heavy atom. The van der Waals surface area contributed by atoms with Crippen molar-refractivity contribution in [1.29, 1.82) is 0 Å². The van der Waals surface area contributed by atoms with Crippen LogP contribution in [0.1, 0.15) is 47.8 Å². The highest BCUT2D eigenvalue weighted by molar-refractivity contribution is 6.00. The van der Waals surface area contributed by atoms with Crippen molar-refractivity contribution in [2.75, 3.05) is 25.5 Å². The van der Waals surface area contributed by atoms with Gasteiger partial charge in [0.15, 0.2) is 11.5 Å². The van der Waals surface area contributed by atoms with Crippen molar-refractivity contribution >= 4 is 18.1 Å². The third-order valence-electron chi connectivity index (χ3n) is 5.44. The first-order chi connectivity index (χ1) is 15.9. The van der Waals surface area contributed by atoms with Crippen molar-refractivity contribution in [2.24, 2.45) is 0 Å². The van der Waals surface area contributed by atoms with Gasteiger partial charge < -0.3 is 19.9 Å². The second-order valence-electron chi connectivity index (χ2n) is 8.15. The average Bonchev–Trinajstić information content (AvgIpc) is 3.16. The monoisotopic (exact) mass is 452 g/mol. The number of halogens is 1. The van der Waals surface area contributed by atoms with Crippen molar-refractivity contribution in [3.8, 4) is 11.4 Å². The fourth-order valence-corrected chi connectivity index (χ4v) is 3.75. The van der Waals surface area contributed by atoms with E-state index in [0.29, 0.717) is 25.2 Å². The zero-order chi connectivity index (χ0) is 24.0. The predicted octanol–water partition coefficient (Wildman–Crippen LogP) is 3.88. The van der Waals surface area contributed by atoms with E-state index in [2.05, 4.69) is 24.1 Å². The van der Waals surface area contributed by atoms with Crippen LogP contribution >= 0.6 is 0 Å². The van der Waals surface area contributed by atoms with Crippen molar-refractivity contribution in [2.45, 2.75) is 32.7 Å². The largest absolute Gasteiger partial charge is 0.396 e. The molecule has 0 unspecified atom stereocenters. The van der Waals surface area contributed by atoms with Crippen molar-refractivity contribution in [3.63, 3.8) is 0 Å². The first-order valence-corrected chi connectivity index (χ1v) is 10.9. The summed E-state index contributed by atoms with van der Waals surface area (Å²) in [6.45, 7) is 4.70. The number of carbonyl (C=O) groups excluding carboxylic acids is 2. The number of aliphatic hydroxyl groups is 1. The molecule has 0 radical (unpaired) electrons. The molecule has 7 nitrogen and oxygen atoms in total. The molecule has 8 heteroatoms. The van der Waals surface area contributed by atoms with Gasteiger partial charge in [-0.25, -0.2) is 9.37 Å². The molecule has 3 aromatic rings. The first-order valence-electron chi connectivity index (χ1n) is 10.9. The molecular weight excluding hydrogens is 423 g/mol. The van der Waals surface area contributed by atoms with E-state index in [9.17, 15) is 14.0 Å². The van der Waals surface area contributed by atoms with Gasteiger partial charge in [-0.2, -0.15) is 0 Å².